The molecule has 2 N–H and O–H groups in total. The van der Waals surface area contributed by atoms with Crippen LogP contribution in [0.4, 0.5) is 10.6 Å². The molecule has 1 unspecified atom stereocenters. The number of fused-ring (bicyclic) bond motifs is 1. The number of nitrogens with zero attached hydrogens (tertiary/aromatic N) is 6. The van der Waals surface area contributed by atoms with Crippen molar-refractivity contribution in [1.29, 1.82) is 0 Å². The Morgan fingerprint density at radius 3 is 2.76 bits per heavy atom. The maximum atomic E-state index is 11.0. The summed E-state index contributed by atoms with van der Waals surface area (Å²) in [5.74, 6) is 0.643. The van der Waals surface area contributed by atoms with Gasteiger partial charge >= 0.3 is 6.09 Å². The number of thiophene rings is 1. The lowest BCUT2D eigenvalue weighted by Gasteiger charge is -2.33. The van der Waals surface area contributed by atoms with Crippen LogP contribution in [0.15, 0.2) is 30.0 Å². The van der Waals surface area contributed by atoms with E-state index in [2.05, 4.69) is 15.2 Å². The minimum Gasteiger partial charge on any atom is -0.465 e. The molecule has 0 aliphatic carbocycles. The monoisotopic (exact) mass is 360 g/mol. The maximum Gasteiger partial charge on any atom is 0.407 e. The van der Waals surface area contributed by atoms with Gasteiger partial charge in [0.05, 0.1) is 11.9 Å². The highest BCUT2D eigenvalue weighted by atomic mass is 32.1. The number of anilines is 1. The quantitative estimate of drug-likeness (QED) is 0.719. The number of hydrogen-bond acceptors (Lipinski definition) is 7. The van der Waals surface area contributed by atoms with Crippen LogP contribution in [0.25, 0.3) is 5.65 Å². The Labute approximate surface area is 146 Å². The number of hydrogen-bond donors (Lipinski definition) is 2. The first-order chi connectivity index (χ1) is 12.1. The van der Waals surface area contributed by atoms with E-state index in [1.807, 2.05) is 22.4 Å². The molecule has 0 radical (unpaired) electrons. The third-order valence-electron chi connectivity index (χ3n) is 4.29. The Kier molecular flexibility index (Phi) is 3.98. The van der Waals surface area contributed by atoms with Crippen LogP contribution in [-0.2, 0) is 0 Å². The number of rotatable bonds is 3. The van der Waals surface area contributed by atoms with Crippen molar-refractivity contribution in [3.05, 3.63) is 40.6 Å². The second kappa shape index (κ2) is 6.30. The predicted octanol–water partition coefficient (Wildman–Crippen LogP) is 1.07. The molecule has 0 aromatic carbocycles. The van der Waals surface area contributed by atoms with E-state index in [0.717, 1.165) is 4.88 Å². The zero-order valence-electron chi connectivity index (χ0n) is 13.2. The zero-order chi connectivity index (χ0) is 17.4. The summed E-state index contributed by atoms with van der Waals surface area (Å²) >= 11 is 1.47. The smallest absolute Gasteiger partial charge is 0.407 e. The minimum atomic E-state index is -0.908. The summed E-state index contributed by atoms with van der Waals surface area (Å²) in [5, 5.41) is 29.7. The van der Waals surface area contributed by atoms with Crippen molar-refractivity contribution in [2.45, 2.75) is 6.10 Å². The van der Waals surface area contributed by atoms with Crippen molar-refractivity contribution in [1.82, 2.24) is 24.5 Å². The summed E-state index contributed by atoms with van der Waals surface area (Å²) < 4.78 is 1.73. The average molecular weight is 360 g/mol. The van der Waals surface area contributed by atoms with E-state index in [-0.39, 0.29) is 0 Å². The molecule has 4 heterocycles. The standard InChI is InChI=1S/C15H16N6O3S/c22-12(11-2-1-7-25-11)10-8-16-13(14-18-17-9-21(10)14)19-3-5-20(6-4-19)15(23)24/h1-2,7-9,12,22H,3-6H2,(H,23,24). The van der Waals surface area contributed by atoms with Crippen LogP contribution in [0.2, 0.25) is 0 Å². The van der Waals surface area contributed by atoms with Gasteiger partial charge in [0.1, 0.15) is 12.4 Å². The molecule has 1 saturated heterocycles. The van der Waals surface area contributed by atoms with Gasteiger partial charge in [-0.05, 0) is 11.4 Å². The Morgan fingerprint density at radius 2 is 2.08 bits per heavy atom. The SMILES string of the molecule is O=C(O)N1CCN(c2ncc(C(O)c3cccs3)n3cnnc23)CC1. The van der Waals surface area contributed by atoms with Crippen LogP contribution in [0.5, 0.6) is 0 Å². The molecule has 0 bridgehead atoms. The topological polar surface area (TPSA) is 107 Å². The molecule has 0 spiro atoms. The van der Waals surface area contributed by atoms with Gasteiger partial charge in [-0.2, -0.15) is 0 Å². The van der Waals surface area contributed by atoms with Crippen LogP contribution < -0.4 is 4.90 Å². The molecule has 0 saturated carbocycles. The fourth-order valence-electron chi connectivity index (χ4n) is 2.95. The summed E-state index contributed by atoms with van der Waals surface area (Å²) in [6, 6.07) is 3.75. The molecule has 9 nitrogen and oxygen atoms in total. The normalized spacial score (nSPS) is 16.4. The minimum absolute atomic E-state index is 0.414. The first-order valence-corrected chi connectivity index (χ1v) is 8.66. The number of aliphatic hydroxyl groups excluding tert-OH is 1. The van der Waals surface area contributed by atoms with E-state index >= 15 is 0 Å². The van der Waals surface area contributed by atoms with Gasteiger partial charge in [0, 0.05) is 31.1 Å². The lowest BCUT2D eigenvalue weighted by Crippen LogP contribution is -2.48. The highest BCUT2D eigenvalue weighted by Gasteiger charge is 2.25. The van der Waals surface area contributed by atoms with Gasteiger partial charge in [0.15, 0.2) is 5.82 Å². The first-order valence-electron chi connectivity index (χ1n) is 7.78. The average Bonchev–Trinajstić information content (AvgIpc) is 3.32. The first kappa shape index (κ1) is 15.8. The maximum absolute atomic E-state index is 11.0. The van der Waals surface area contributed by atoms with E-state index in [1.165, 1.54) is 16.2 Å². The molecule has 3 aromatic heterocycles. The lowest BCUT2D eigenvalue weighted by molar-refractivity contribution is 0.142. The van der Waals surface area contributed by atoms with Gasteiger partial charge in [-0.1, -0.05) is 6.07 Å². The zero-order valence-corrected chi connectivity index (χ0v) is 14.0. The molecule has 1 aliphatic rings. The number of aliphatic hydroxyl groups is 1. The summed E-state index contributed by atoms with van der Waals surface area (Å²) in [6.07, 6.45) is 1.47. The van der Waals surface area contributed by atoms with Crippen molar-refractivity contribution in [3.63, 3.8) is 0 Å². The summed E-state index contributed by atoms with van der Waals surface area (Å²) in [7, 11) is 0. The van der Waals surface area contributed by atoms with Crippen LogP contribution in [0, 0.1) is 0 Å². The Hall–Kier alpha value is -2.72. The molecule has 1 amide bonds. The highest BCUT2D eigenvalue weighted by Crippen LogP contribution is 2.28. The molecule has 25 heavy (non-hydrogen) atoms. The van der Waals surface area contributed by atoms with Gasteiger partial charge in [-0.25, -0.2) is 9.78 Å². The molecule has 130 valence electrons. The van der Waals surface area contributed by atoms with Crippen LogP contribution in [-0.4, -0.2) is 67.0 Å². The molecule has 1 aliphatic heterocycles. The van der Waals surface area contributed by atoms with Gasteiger partial charge in [0.2, 0.25) is 5.65 Å². The molecule has 4 rings (SSSR count). The summed E-state index contributed by atoms with van der Waals surface area (Å²) in [6.45, 7) is 1.90. The summed E-state index contributed by atoms with van der Waals surface area (Å²) in [5.41, 5.74) is 1.15. The Balaban J connectivity index is 1.66. The number of carboxylic acid groups (broad SMARTS) is 1. The van der Waals surface area contributed by atoms with E-state index in [4.69, 9.17) is 5.11 Å². The molecule has 1 atom stereocenters. The van der Waals surface area contributed by atoms with E-state index in [9.17, 15) is 9.90 Å². The second-order valence-corrected chi connectivity index (χ2v) is 6.69. The Bertz CT molecular complexity index is 888. The molecule has 3 aromatic rings. The number of carbonyl (C=O) groups is 1. The fraction of sp³-hybridized carbons (Fsp3) is 0.333. The highest BCUT2D eigenvalue weighted by molar-refractivity contribution is 7.10. The number of amides is 1. The van der Waals surface area contributed by atoms with Crippen molar-refractivity contribution >= 4 is 28.9 Å². The van der Waals surface area contributed by atoms with E-state index < -0.39 is 12.2 Å². The second-order valence-electron chi connectivity index (χ2n) is 5.71. The van der Waals surface area contributed by atoms with Crippen molar-refractivity contribution in [2.24, 2.45) is 0 Å². The largest absolute Gasteiger partial charge is 0.465 e. The Morgan fingerprint density at radius 1 is 1.28 bits per heavy atom. The van der Waals surface area contributed by atoms with Gasteiger partial charge < -0.3 is 20.0 Å². The third kappa shape index (κ3) is 2.79. The van der Waals surface area contributed by atoms with E-state index in [0.29, 0.717) is 43.3 Å². The van der Waals surface area contributed by atoms with E-state index in [1.54, 1.807) is 16.9 Å². The molecule has 1 fully saturated rings. The summed E-state index contributed by atoms with van der Waals surface area (Å²) in [4.78, 5) is 19.7. The molecular formula is C15H16N6O3S. The number of piperazine rings is 1. The lowest BCUT2D eigenvalue weighted by atomic mass is 10.2. The predicted molar refractivity (Wildman–Crippen MR) is 91.0 cm³/mol. The third-order valence-corrected chi connectivity index (χ3v) is 5.21. The van der Waals surface area contributed by atoms with Gasteiger partial charge in [0.25, 0.3) is 0 Å². The fourth-order valence-corrected chi connectivity index (χ4v) is 3.67. The molecular weight excluding hydrogens is 344 g/mol. The van der Waals surface area contributed by atoms with Crippen molar-refractivity contribution < 1.29 is 15.0 Å². The van der Waals surface area contributed by atoms with Gasteiger partial charge in [-0.15, -0.1) is 21.5 Å². The van der Waals surface area contributed by atoms with Gasteiger partial charge in [-0.3, -0.25) is 4.40 Å². The molecule has 10 heteroatoms. The van der Waals surface area contributed by atoms with Crippen LogP contribution in [0.3, 0.4) is 0 Å². The number of aromatic nitrogens is 4. The van der Waals surface area contributed by atoms with Crippen molar-refractivity contribution in [3.8, 4) is 0 Å². The van der Waals surface area contributed by atoms with Crippen LogP contribution >= 0.6 is 11.3 Å². The van der Waals surface area contributed by atoms with Crippen LogP contribution in [0.1, 0.15) is 16.7 Å². The van der Waals surface area contributed by atoms with Crippen molar-refractivity contribution in [2.75, 3.05) is 31.1 Å².